The highest BCUT2D eigenvalue weighted by atomic mass is 19.3. The second kappa shape index (κ2) is 3.33. The Hall–Kier alpha value is -0.340. The van der Waals surface area contributed by atoms with Gasteiger partial charge in [-0.15, -0.1) is 0 Å². The zero-order valence-corrected chi connectivity index (χ0v) is 7.79. The minimum absolute atomic E-state index is 0.530. The fourth-order valence-corrected chi connectivity index (χ4v) is 2.43. The summed E-state index contributed by atoms with van der Waals surface area (Å²) in [6.45, 7) is -1.28. The zero-order valence-electron chi connectivity index (χ0n) is 7.79. The van der Waals surface area contributed by atoms with Gasteiger partial charge in [-0.25, -0.2) is 8.78 Å². The van der Waals surface area contributed by atoms with Crippen LogP contribution in [-0.4, -0.2) is 74.8 Å². The number of halogens is 2. The van der Waals surface area contributed by atoms with Crippen LogP contribution in [0.1, 0.15) is 0 Å². The smallest absolute Gasteiger partial charge is 0.287 e. The molecule has 0 spiro atoms. The van der Waals surface area contributed by atoms with Crippen LogP contribution in [0.5, 0.6) is 0 Å². The van der Waals surface area contributed by atoms with Gasteiger partial charge < -0.3 is 20.4 Å². The first-order valence-corrected chi connectivity index (χ1v) is 4.69. The van der Waals surface area contributed by atoms with Crippen LogP contribution < -0.4 is 0 Å². The summed E-state index contributed by atoms with van der Waals surface area (Å²) in [6.07, 6.45) is -4.75. The Morgan fingerprint density at radius 1 is 1.20 bits per heavy atom. The number of rotatable bonds is 1. The third-order valence-corrected chi connectivity index (χ3v) is 3.24. The van der Waals surface area contributed by atoms with Crippen LogP contribution in [0.2, 0.25) is 0 Å². The van der Waals surface area contributed by atoms with Crippen molar-refractivity contribution in [3.05, 3.63) is 0 Å². The van der Waals surface area contributed by atoms with E-state index in [1.54, 1.807) is 0 Å². The van der Waals surface area contributed by atoms with Gasteiger partial charge in [0.05, 0.1) is 37.4 Å². The Morgan fingerprint density at radius 3 is 2.33 bits per heavy atom. The first-order chi connectivity index (χ1) is 6.90. The summed E-state index contributed by atoms with van der Waals surface area (Å²) in [7, 11) is 0. The van der Waals surface area contributed by atoms with Crippen molar-refractivity contribution in [2.24, 2.45) is 0 Å². The molecule has 15 heavy (non-hydrogen) atoms. The number of hydrogen-bond acceptors (Lipinski definition) is 5. The first kappa shape index (κ1) is 11.2. The maximum absolute atomic E-state index is 13.1. The third-order valence-electron chi connectivity index (χ3n) is 3.24. The van der Waals surface area contributed by atoms with Crippen molar-refractivity contribution in [2.75, 3.05) is 13.2 Å². The summed E-state index contributed by atoms with van der Waals surface area (Å²) >= 11 is 0. The third kappa shape index (κ3) is 1.38. The molecule has 0 radical (unpaired) electrons. The van der Waals surface area contributed by atoms with E-state index in [0.717, 1.165) is 4.90 Å². The van der Waals surface area contributed by atoms with Crippen molar-refractivity contribution in [2.45, 2.75) is 36.3 Å². The van der Waals surface area contributed by atoms with Crippen LogP contribution in [0.4, 0.5) is 8.78 Å². The van der Waals surface area contributed by atoms with E-state index in [1.165, 1.54) is 0 Å². The number of fused-ring (bicyclic) bond motifs is 1. The maximum atomic E-state index is 13.1. The number of hydrogen-bond donors (Lipinski definition) is 4. The van der Waals surface area contributed by atoms with Crippen molar-refractivity contribution in [3.8, 4) is 0 Å². The molecule has 2 heterocycles. The molecule has 0 bridgehead atoms. The molecule has 0 aromatic rings. The molecule has 2 rings (SSSR count). The van der Waals surface area contributed by atoms with Gasteiger partial charge in [0.1, 0.15) is 6.10 Å². The minimum atomic E-state index is -3.31. The second-order valence-corrected chi connectivity index (χ2v) is 4.10. The molecule has 4 N–H and O–H groups in total. The topological polar surface area (TPSA) is 84.2 Å². The van der Waals surface area contributed by atoms with Crippen LogP contribution in [0.3, 0.4) is 0 Å². The van der Waals surface area contributed by atoms with E-state index in [1.807, 2.05) is 0 Å². The molecule has 0 unspecified atom stereocenters. The lowest BCUT2D eigenvalue weighted by atomic mass is 10.0. The van der Waals surface area contributed by atoms with Gasteiger partial charge in [0.2, 0.25) is 0 Å². The van der Waals surface area contributed by atoms with Crippen molar-refractivity contribution in [1.29, 1.82) is 0 Å². The molecule has 2 saturated heterocycles. The van der Waals surface area contributed by atoms with Crippen LogP contribution in [-0.2, 0) is 0 Å². The van der Waals surface area contributed by atoms with Crippen LogP contribution >= 0.6 is 0 Å². The molecule has 0 amide bonds. The van der Waals surface area contributed by atoms with Crippen molar-refractivity contribution >= 4 is 0 Å². The molecule has 0 aliphatic carbocycles. The normalized spacial score (nSPS) is 49.6. The van der Waals surface area contributed by atoms with Crippen LogP contribution in [0.25, 0.3) is 0 Å². The Morgan fingerprint density at radius 2 is 1.80 bits per heavy atom. The molecule has 2 aliphatic heterocycles. The standard InChI is InChI=1S/C8H13F2NO4/c9-8(10)2-11-3(1-12)5(13)6(14)4(11)7(8)15/h3-7,12-15H,1-2H2/t3-,4+,5-,6-,7+/m1/s1. The Labute approximate surface area is 84.6 Å². The summed E-state index contributed by atoms with van der Waals surface area (Å²) in [5.74, 6) is -3.31. The number of nitrogens with zero attached hydrogens (tertiary/aromatic N) is 1. The molecule has 2 aliphatic rings. The Balaban J connectivity index is 2.27. The Kier molecular flexibility index (Phi) is 2.47. The van der Waals surface area contributed by atoms with Crippen LogP contribution in [0.15, 0.2) is 0 Å². The van der Waals surface area contributed by atoms with Gasteiger partial charge in [-0.1, -0.05) is 0 Å². The highest BCUT2D eigenvalue weighted by molar-refractivity contribution is 5.12. The van der Waals surface area contributed by atoms with E-state index in [0.29, 0.717) is 0 Å². The average molecular weight is 225 g/mol. The summed E-state index contributed by atoms with van der Waals surface area (Å²) in [5.41, 5.74) is 0. The van der Waals surface area contributed by atoms with E-state index < -0.39 is 49.5 Å². The molecule has 0 saturated carbocycles. The fraction of sp³-hybridized carbons (Fsp3) is 1.00. The Bertz CT molecular complexity index is 265. The minimum Gasteiger partial charge on any atom is -0.395 e. The van der Waals surface area contributed by atoms with Gasteiger partial charge in [-0.2, -0.15) is 0 Å². The monoisotopic (exact) mass is 225 g/mol. The SMILES string of the molecule is OC[C@@H]1[C@@H](O)[C@H](O)[C@H]2[C@H](O)C(F)(F)CN21. The summed E-state index contributed by atoms with van der Waals surface area (Å²) in [4.78, 5) is 1.07. The number of alkyl halides is 2. The highest BCUT2D eigenvalue weighted by Gasteiger charge is 2.63. The van der Waals surface area contributed by atoms with E-state index in [4.69, 9.17) is 5.11 Å². The number of aliphatic hydroxyl groups is 4. The molecular formula is C8H13F2NO4. The lowest BCUT2D eigenvalue weighted by Gasteiger charge is -2.22. The molecule has 0 aromatic carbocycles. The average Bonchev–Trinajstić information content (AvgIpc) is 2.50. The fourth-order valence-electron chi connectivity index (χ4n) is 2.43. The summed E-state index contributed by atoms with van der Waals surface area (Å²) in [5, 5.41) is 37.1. The molecule has 5 nitrogen and oxygen atoms in total. The molecule has 88 valence electrons. The molecular weight excluding hydrogens is 212 g/mol. The molecule has 0 aromatic heterocycles. The lowest BCUT2D eigenvalue weighted by Crippen LogP contribution is -2.44. The van der Waals surface area contributed by atoms with E-state index >= 15 is 0 Å². The van der Waals surface area contributed by atoms with Gasteiger partial charge in [-0.3, -0.25) is 4.90 Å². The lowest BCUT2D eigenvalue weighted by molar-refractivity contribution is -0.102. The predicted molar refractivity (Wildman–Crippen MR) is 44.3 cm³/mol. The molecule has 7 heteroatoms. The van der Waals surface area contributed by atoms with Gasteiger partial charge in [-0.05, 0) is 0 Å². The second-order valence-electron chi connectivity index (χ2n) is 4.10. The van der Waals surface area contributed by atoms with E-state index in [9.17, 15) is 24.1 Å². The molecule has 5 atom stereocenters. The summed E-state index contributed by atoms with van der Waals surface area (Å²) in [6, 6.07) is -2.14. The van der Waals surface area contributed by atoms with Crippen molar-refractivity contribution in [3.63, 3.8) is 0 Å². The van der Waals surface area contributed by atoms with Gasteiger partial charge in [0.15, 0.2) is 0 Å². The van der Waals surface area contributed by atoms with Gasteiger partial charge in [0, 0.05) is 0 Å². The maximum Gasteiger partial charge on any atom is 0.287 e. The van der Waals surface area contributed by atoms with Crippen molar-refractivity contribution < 1.29 is 29.2 Å². The summed E-state index contributed by atoms with van der Waals surface area (Å²) < 4.78 is 26.2. The van der Waals surface area contributed by atoms with Gasteiger partial charge in [0.25, 0.3) is 5.92 Å². The highest BCUT2D eigenvalue weighted by Crippen LogP contribution is 2.40. The zero-order chi connectivity index (χ0) is 11.4. The number of aliphatic hydroxyl groups excluding tert-OH is 4. The van der Waals surface area contributed by atoms with E-state index in [-0.39, 0.29) is 0 Å². The predicted octanol–water partition coefficient (Wildman–Crippen LogP) is -2.24. The quantitative estimate of drug-likeness (QED) is 0.405. The first-order valence-electron chi connectivity index (χ1n) is 4.69. The van der Waals surface area contributed by atoms with Crippen molar-refractivity contribution in [1.82, 2.24) is 4.90 Å². The van der Waals surface area contributed by atoms with E-state index in [2.05, 4.69) is 0 Å². The van der Waals surface area contributed by atoms with Crippen LogP contribution in [0, 0.1) is 0 Å². The molecule has 2 fully saturated rings. The largest absolute Gasteiger partial charge is 0.395 e. The van der Waals surface area contributed by atoms with Gasteiger partial charge >= 0.3 is 0 Å².